The number of nitrogens with one attached hydrogen (secondary N) is 1. The van der Waals surface area contributed by atoms with Gasteiger partial charge in [-0.3, -0.25) is 19.4 Å². The van der Waals surface area contributed by atoms with E-state index in [1.165, 1.54) is 17.1 Å². The number of carbonyl (C=O) groups excluding carboxylic acids is 3. The number of nitrogens with zero attached hydrogens (tertiary/aromatic N) is 4. The maximum atomic E-state index is 13.2. The molecule has 0 spiro atoms. The second-order valence-corrected chi connectivity index (χ2v) is 7.12. The summed E-state index contributed by atoms with van der Waals surface area (Å²) in [5.41, 5.74) is 1.73. The van der Waals surface area contributed by atoms with Crippen LogP contribution in [0.4, 0.5) is 15.8 Å². The standard InChI is InChI=1S/C19H15ClFN5O3/c1-10-2-5-12(6-3-10)26-18(28)16-17(19(26)29)25(24-23-16)9-15(27)22-11-4-7-14(21)13(20)8-11/h2-8,16-17H,9H2,1H3,(H,22,27)/t16-,17-/m1/s1. The van der Waals surface area contributed by atoms with Crippen LogP contribution < -0.4 is 10.2 Å². The van der Waals surface area contributed by atoms with Crippen molar-refractivity contribution >= 4 is 40.7 Å². The molecule has 0 radical (unpaired) electrons. The molecule has 2 heterocycles. The number of imide groups is 1. The van der Waals surface area contributed by atoms with E-state index in [1.54, 1.807) is 24.3 Å². The van der Waals surface area contributed by atoms with Gasteiger partial charge in [-0.1, -0.05) is 34.5 Å². The molecular formula is C19H15ClFN5O3. The van der Waals surface area contributed by atoms with Crippen molar-refractivity contribution in [3.05, 3.63) is 58.9 Å². The predicted molar refractivity (Wildman–Crippen MR) is 103 cm³/mol. The first-order chi connectivity index (χ1) is 13.8. The first-order valence-corrected chi connectivity index (χ1v) is 9.10. The lowest BCUT2D eigenvalue weighted by Gasteiger charge is -2.20. The fourth-order valence-electron chi connectivity index (χ4n) is 3.22. The van der Waals surface area contributed by atoms with E-state index in [0.717, 1.165) is 16.5 Å². The zero-order valence-electron chi connectivity index (χ0n) is 15.2. The highest BCUT2D eigenvalue weighted by Gasteiger charge is 2.55. The summed E-state index contributed by atoms with van der Waals surface area (Å²) >= 11 is 5.70. The Labute approximate surface area is 169 Å². The highest BCUT2D eigenvalue weighted by atomic mass is 35.5. The van der Waals surface area contributed by atoms with E-state index in [9.17, 15) is 18.8 Å². The summed E-state index contributed by atoms with van der Waals surface area (Å²) in [6.45, 7) is 1.59. The van der Waals surface area contributed by atoms with Gasteiger partial charge < -0.3 is 5.32 Å². The number of carbonyl (C=O) groups is 3. The average molecular weight is 416 g/mol. The summed E-state index contributed by atoms with van der Waals surface area (Å²) in [4.78, 5) is 38.9. The van der Waals surface area contributed by atoms with Crippen molar-refractivity contribution < 1.29 is 18.8 Å². The van der Waals surface area contributed by atoms with Crippen LogP contribution in [0.5, 0.6) is 0 Å². The van der Waals surface area contributed by atoms with Gasteiger partial charge in [0.25, 0.3) is 11.8 Å². The highest BCUT2D eigenvalue weighted by Crippen LogP contribution is 2.32. The topological polar surface area (TPSA) is 94.4 Å². The smallest absolute Gasteiger partial charge is 0.263 e. The molecule has 148 valence electrons. The van der Waals surface area contributed by atoms with E-state index in [-0.39, 0.29) is 11.6 Å². The number of halogens is 2. The molecule has 4 rings (SSSR count). The van der Waals surface area contributed by atoms with Gasteiger partial charge in [-0.2, -0.15) is 5.11 Å². The van der Waals surface area contributed by atoms with Gasteiger partial charge in [0.2, 0.25) is 5.91 Å². The molecule has 2 atom stereocenters. The lowest BCUT2D eigenvalue weighted by atomic mass is 10.1. The van der Waals surface area contributed by atoms with Gasteiger partial charge in [-0.25, -0.2) is 9.29 Å². The summed E-state index contributed by atoms with van der Waals surface area (Å²) in [6.07, 6.45) is 0. The van der Waals surface area contributed by atoms with E-state index in [4.69, 9.17) is 11.6 Å². The molecule has 10 heteroatoms. The molecule has 2 aromatic rings. The molecule has 0 bridgehead atoms. The minimum absolute atomic E-state index is 0.131. The van der Waals surface area contributed by atoms with Gasteiger partial charge >= 0.3 is 0 Å². The fraction of sp³-hybridized carbons (Fsp3) is 0.211. The molecule has 0 saturated carbocycles. The number of fused-ring (bicyclic) bond motifs is 1. The molecule has 0 aromatic heterocycles. The second-order valence-electron chi connectivity index (χ2n) is 6.72. The van der Waals surface area contributed by atoms with E-state index in [1.807, 2.05) is 6.92 Å². The number of benzene rings is 2. The molecule has 0 aliphatic carbocycles. The van der Waals surface area contributed by atoms with E-state index >= 15 is 0 Å². The van der Waals surface area contributed by atoms with E-state index < -0.39 is 35.6 Å². The van der Waals surface area contributed by atoms with Crippen molar-refractivity contribution in [2.24, 2.45) is 10.3 Å². The molecule has 2 aromatic carbocycles. The molecule has 1 N–H and O–H groups in total. The predicted octanol–water partition coefficient (Wildman–Crippen LogP) is 2.72. The first-order valence-electron chi connectivity index (χ1n) is 8.72. The minimum atomic E-state index is -0.989. The quantitative estimate of drug-likeness (QED) is 0.777. The number of amides is 3. The Balaban J connectivity index is 1.48. The third-order valence-corrected chi connectivity index (χ3v) is 4.95. The Kier molecular flexibility index (Phi) is 4.75. The average Bonchev–Trinajstić information content (AvgIpc) is 3.19. The molecule has 29 heavy (non-hydrogen) atoms. The number of hydrogen-bond acceptors (Lipinski definition) is 6. The molecule has 1 saturated heterocycles. The Bertz CT molecular complexity index is 1040. The maximum Gasteiger partial charge on any atom is 0.263 e. The molecule has 2 aliphatic rings. The molecular weight excluding hydrogens is 401 g/mol. The lowest BCUT2D eigenvalue weighted by Crippen LogP contribution is -2.43. The first kappa shape index (κ1) is 19.0. The summed E-state index contributed by atoms with van der Waals surface area (Å²) in [5.74, 6) is -2.10. The van der Waals surface area contributed by atoms with Crippen LogP contribution in [-0.4, -0.2) is 41.4 Å². The summed E-state index contributed by atoms with van der Waals surface area (Å²) in [5, 5.41) is 11.3. The zero-order chi connectivity index (χ0) is 20.7. The molecule has 2 aliphatic heterocycles. The summed E-state index contributed by atoms with van der Waals surface area (Å²) < 4.78 is 13.2. The largest absolute Gasteiger partial charge is 0.324 e. The van der Waals surface area contributed by atoms with Gasteiger partial charge in [0.15, 0.2) is 12.1 Å². The second kappa shape index (κ2) is 7.25. The fourth-order valence-corrected chi connectivity index (χ4v) is 3.40. The highest BCUT2D eigenvalue weighted by molar-refractivity contribution is 6.31. The Morgan fingerprint density at radius 1 is 1.17 bits per heavy atom. The molecule has 0 unspecified atom stereocenters. The van der Waals surface area contributed by atoms with Crippen LogP contribution in [0.2, 0.25) is 5.02 Å². The normalized spacial score (nSPS) is 20.4. The minimum Gasteiger partial charge on any atom is -0.324 e. The van der Waals surface area contributed by atoms with Crippen molar-refractivity contribution in [2.45, 2.75) is 19.0 Å². The van der Waals surface area contributed by atoms with Crippen LogP contribution in [0.3, 0.4) is 0 Å². The van der Waals surface area contributed by atoms with Gasteiger partial charge in [0, 0.05) is 5.69 Å². The van der Waals surface area contributed by atoms with Crippen LogP contribution in [0, 0.1) is 12.7 Å². The van der Waals surface area contributed by atoms with Crippen molar-refractivity contribution in [3.8, 4) is 0 Å². The van der Waals surface area contributed by atoms with Crippen LogP contribution in [0.25, 0.3) is 0 Å². The van der Waals surface area contributed by atoms with Crippen LogP contribution in [-0.2, 0) is 14.4 Å². The number of rotatable bonds is 4. The van der Waals surface area contributed by atoms with Gasteiger partial charge in [0.05, 0.1) is 10.7 Å². The molecule has 1 fully saturated rings. The van der Waals surface area contributed by atoms with Gasteiger partial charge in [-0.05, 0) is 37.3 Å². The van der Waals surface area contributed by atoms with Crippen LogP contribution in [0.1, 0.15) is 5.56 Å². The van der Waals surface area contributed by atoms with E-state index in [2.05, 4.69) is 15.7 Å². The third-order valence-electron chi connectivity index (χ3n) is 4.66. The Morgan fingerprint density at radius 3 is 2.59 bits per heavy atom. The SMILES string of the molecule is Cc1ccc(N2C(=O)[C@@H]3N=NN(CC(=O)Nc4ccc(F)c(Cl)c4)[C@H]3C2=O)cc1. The van der Waals surface area contributed by atoms with Crippen molar-refractivity contribution in [2.75, 3.05) is 16.8 Å². The van der Waals surface area contributed by atoms with Gasteiger partial charge in [0.1, 0.15) is 12.4 Å². The van der Waals surface area contributed by atoms with Crippen molar-refractivity contribution in [1.82, 2.24) is 5.01 Å². The summed E-state index contributed by atoms with van der Waals surface area (Å²) in [7, 11) is 0. The lowest BCUT2D eigenvalue weighted by molar-refractivity contribution is -0.123. The van der Waals surface area contributed by atoms with Gasteiger partial charge in [-0.15, -0.1) is 0 Å². The third kappa shape index (κ3) is 3.44. The Hall–Kier alpha value is -3.33. The summed E-state index contributed by atoms with van der Waals surface area (Å²) in [6, 6.07) is 8.74. The molecule has 3 amide bonds. The molecule has 8 nitrogen and oxygen atoms in total. The van der Waals surface area contributed by atoms with Crippen molar-refractivity contribution in [3.63, 3.8) is 0 Å². The monoisotopic (exact) mass is 415 g/mol. The number of aryl methyl sites for hydroxylation is 1. The zero-order valence-corrected chi connectivity index (χ0v) is 15.9. The van der Waals surface area contributed by atoms with Crippen LogP contribution in [0.15, 0.2) is 52.8 Å². The Morgan fingerprint density at radius 2 is 1.90 bits per heavy atom. The maximum absolute atomic E-state index is 13.2. The number of hydrogen-bond donors (Lipinski definition) is 1. The van der Waals surface area contributed by atoms with Crippen LogP contribution >= 0.6 is 11.6 Å². The van der Waals surface area contributed by atoms with Crippen molar-refractivity contribution in [1.29, 1.82) is 0 Å². The van der Waals surface area contributed by atoms with E-state index in [0.29, 0.717) is 11.4 Å². The number of anilines is 2.